The maximum Gasteiger partial charge on any atom is 0.0829 e. The van der Waals surface area contributed by atoms with E-state index >= 15 is 0 Å². The Labute approximate surface area is 160 Å². The molecule has 0 unspecified atom stereocenters. The van der Waals surface area contributed by atoms with Crippen LogP contribution in [0.15, 0.2) is 0 Å². The molecule has 0 aromatic carbocycles. The SMILES string of the molecule is CC(C)N1CC(OCCN2CCC(OC3CC(OC(C)(C)C)C3)CC2)C1. The van der Waals surface area contributed by atoms with Crippen molar-refractivity contribution in [1.29, 1.82) is 0 Å². The molecule has 0 bridgehead atoms. The molecule has 2 saturated heterocycles. The fraction of sp³-hybridized carbons (Fsp3) is 1.00. The molecule has 152 valence electrons. The molecule has 26 heavy (non-hydrogen) atoms. The van der Waals surface area contributed by atoms with E-state index < -0.39 is 0 Å². The molecular formula is C21H40N2O3. The van der Waals surface area contributed by atoms with E-state index in [1.807, 2.05) is 0 Å². The van der Waals surface area contributed by atoms with Crippen LogP contribution in [0.3, 0.4) is 0 Å². The van der Waals surface area contributed by atoms with Crippen LogP contribution in [0.2, 0.25) is 0 Å². The van der Waals surface area contributed by atoms with Gasteiger partial charge in [0.2, 0.25) is 0 Å². The van der Waals surface area contributed by atoms with Gasteiger partial charge in [-0.05, 0) is 60.3 Å². The zero-order chi connectivity index (χ0) is 18.7. The van der Waals surface area contributed by atoms with E-state index in [0.29, 0.717) is 30.5 Å². The van der Waals surface area contributed by atoms with Crippen LogP contribution in [-0.2, 0) is 14.2 Å². The van der Waals surface area contributed by atoms with Crippen molar-refractivity contribution >= 4 is 0 Å². The van der Waals surface area contributed by atoms with Crippen LogP contribution in [0.5, 0.6) is 0 Å². The molecule has 3 rings (SSSR count). The third-order valence-electron chi connectivity index (χ3n) is 5.86. The van der Waals surface area contributed by atoms with Crippen LogP contribution < -0.4 is 0 Å². The highest BCUT2D eigenvalue weighted by Gasteiger charge is 2.35. The quantitative estimate of drug-likeness (QED) is 0.658. The molecule has 0 N–H and O–H groups in total. The monoisotopic (exact) mass is 368 g/mol. The number of hydrogen-bond donors (Lipinski definition) is 0. The van der Waals surface area contributed by atoms with Gasteiger partial charge in [0, 0.05) is 38.8 Å². The maximum atomic E-state index is 6.28. The summed E-state index contributed by atoms with van der Waals surface area (Å²) in [5, 5.41) is 0. The first-order valence-corrected chi connectivity index (χ1v) is 10.7. The van der Waals surface area contributed by atoms with Gasteiger partial charge in [0.1, 0.15) is 0 Å². The first-order chi connectivity index (χ1) is 12.3. The van der Waals surface area contributed by atoms with Crippen LogP contribution in [-0.4, -0.2) is 85.2 Å². The summed E-state index contributed by atoms with van der Waals surface area (Å²) in [4.78, 5) is 5.00. The van der Waals surface area contributed by atoms with Gasteiger partial charge in [-0.2, -0.15) is 0 Å². The average molecular weight is 369 g/mol. The molecule has 5 nitrogen and oxygen atoms in total. The van der Waals surface area contributed by atoms with Gasteiger partial charge in [-0.3, -0.25) is 4.90 Å². The summed E-state index contributed by atoms with van der Waals surface area (Å²) >= 11 is 0. The van der Waals surface area contributed by atoms with Crippen molar-refractivity contribution in [3.05, 3.63) is 0 Å². The van der Waals surface area contributed by atoms with Gasteiger partial charge in [0.15, 0.2) is 0 Å². The minimum atomic E-state index is -0.0321. The Morgan fingerprint density at radius 1 is 0.923 bits per heavy atom. The van der Waals surface area contributed by atoms with Crippen LogP contribution in [0.25, 0.3) is 0 Å². The summed E-state index contributed by atoms with van der Waals surface area (Å²) in [6.45, 7) is 17.3. The van der Waals surface area contributed by atoms with Gasteiger partial charge >= 0.3 is 0 Å². The molecule has 0 aromatic rings. The lowest BCUT2D eigenvalue weighted by Crippen LogP contribution is -2.55. The van der Waals surface area contributed by atoms with E-state index in [9.17, 15) is 0 Å². The second-order valence-electron chi connectivity index (χ2n) is 9.66. The third-order valence-corrected chi connectivity index (χ3v) is 5.86. The van der Waals surface area contributed by atoms with Crippen molar-refractivity contribution in [2.75, 3.05) is 39.3 Å². The molecule has 5 heteroatoms. The van der Waals surface area contributed by atoms with Gasteiger partial charge < -0.3 is 19.1 Å². The molecule has 2 heterocycles. The number of piperidine rings is 1. The normalized spacial score (nSPS) is 29.8. The lowest BCUT2D eigenvalue weighted by molar-refractivity contribution is -0.168. The Balaban J connectivity index is 1.20. The third kappa shape index (κ3) is 6.16. The van der Waals surface area contributed by atoms with Gasteiger partial charge in [0.25, 0.3) is 0 Å². The Hall–Kier alpha value is -0.200. The predicted octanol–water partition coefficient (Wildman–Crippen LogP) is 2.92. The van der Waals surface area contributed by atoms with E-state index in [0.717, 1.165) is 65.0 Å². The first-order valence-electron chi connectivity index (χ1n) is 10.7. The smallest absolute Gasteiger partial charge is 0.0829 e. The lowest BCUT2D eigenvalue weighted by Gasteiger charge is -2.42. The average Bonchev–Trinajstić information content (AvgIpc) is 2.47. The molecule has 0 spiro atoms. The molecule has 3 fully saturated rings. The van der Waals surface area contributed by atoms with E-state index in [-0.39, 0.29) is 5.60 Å². The highest BCUT2D eigenvalue weighted by molar-refractivity contribution is 4.86. The second kappa shape index (κ2) is 8.87. The topological polar surface area (TPSA) is 34.2 Å². The lowest BCUT2D eigenvalue weighted by atomic mass is 9.90. The minimum Gasteiger partial charge on any atom is -0.375 e. The zero-order valence-electron chi connectivity index (χ0n) is 17.6. The predicted molar refractivity (Wildman–Crippen MR) is 105 cm³/mol. The first kappa shape index (κ1) is 20.5. The van der Waals surface area contributed by atoms with Crippen molar-refractivity contribution in [3.8, 4) is 0 Å². The van der Waals surface area contributed by atoms with E-state index in [2.05, 4.69) is 44.4 Å². The van der Waals surface area contributed by atoms with Crippen molar-refractivity contribution < 1.29 is 14.2 Å². The van der Waals surface area contributed by atoms with E-state index in [1.165, 1.54) is 0 Å². The summed E-state index contributed by atoms with van der Waals surface area (Å²) in [6, 6.07) is 0.653. The summed E-state index contributed by atoms with van der Waals surface area (Å²) in [5.41, 5.74) is -0.0321. The largest absolute Gasteiger partial charge is 0.375 e. The number of hydrogen-bond acceptors (Lipinski definition) is 5. The minimum absolute atomic E-state index is 0.0321. The van der Waals surface area contributed by atoms with Gasteiger partial charge in [0.05, 0.1) is 36.6 Å². The maximum absolute atomic E-state index is 6.28. The second-order valence-corrected chi connectivity index (χ2v) is 9.66. The molecule has 0 amide bonds. The summed E-state index contributed by atoms with van der Waals surface area (Å²) in [6.07, 6.45) is 6.18. The number of ether oxygens (including phenoxy) is 3. The standard InChI is InChI=1S/C21H40N2O3/c1-16(2)23-14-20(15-23)24-11-10-22-8-6-17(7-9-22)25-18-12-19(13-18)26-21(3,4)5/h16-20H,6-15H2,1-5H3. The Bertz CT molecular complexity index is 417. The van der Waals surface area contributed by atoms with Crippen molar-refractivity contribution in [2.45, 2.75) is 96.4 Å². The molecular weight excluding hydrogens is 328 g/mol. The summed E-state index contributed by atoms with van der Waals surface area (Å²) in [5.74, 6) is 0. The van der Waals surface area contributed by atoms with Crippen molar-refractivity contribution in [2.24, 2.45) is 0 Å². The molecule has 0 aromatic heterocycles. The fourth-order valence-corrected chi connectivity index (χ4v) is 4.11. The summed E-state index contributed by atoms with van der Waals surface area (Å²) < 4.78 is 18.3. The van der Waals surface area contributed by atoms with Crippen LogP contribution >= 0.6 is 0 Å². The van der Waals surface area contributed by atoms with Gasteiger partial charge in [-0.25, -0.2) is 0 Å². The molecule has 2 aliphatic heterocycles. The molecule has 0 atom stereocenters. The highest BCUT2D eigenvalue weighted by Crippen LogP contribution is 2.32. The van der Waals surface area contributed by atoms with Crippen LogP contribution in [0.1, 0.15) is 60.3 Å². The highest BCUT2D eigenvalue weighted by atomic mass is 16.5. The molecule has 1 saturated carbocycles. The van der Waals surface area contributed by atoms with Crippen molar-refractivity contribution in [3.63, 3.8) is 0 Å². The number of rotatable bonds is 8. The van der Waals surface area contributed by atoms with Crippen molar-refractivity contribution in [1.82, 2.24) is 9.80 Å². The summed E-state index contributed by atoms with van der Waals surface area (Å²) in [7, 11) is 0. The van der Waals surface area contributed by atoms with Gasteiger partial charge in [-0.15, -0.1) is 0 Å². The zero-order valence-corrected chi connectivity index (χ0v) is 17.6. The Kier molecular flexibility index (Phi) is 7.00. The Morgan fingerprint density at radius 2 is 1.58 bits per heavy atom. The van der Waals surface area contributed by atoms with E-state index in [1.54, 1.807) is 0 Å². The number of nitrogens with zero attached hydrogens (tertiary/aromatic N) is 2. The van der Waals surface area contributed by atoms with E-state index in [4.69, 9.17) is 14.2 Å². The number of likely N-dealkylation sites (tertiary alicyclic amines) is 2. The fourth-order valence-electron chi connectivity index (χ4n) is 4.11. The van der Waals surface area contributed by atoms with Crippen LogP contribution in [0, 0.1) is 0 Å². The molecule has 3 aliphatic rings. The van der Waals surface area contributed by atoms with Crippen LogP contribution in [0.4, 0.5) is 0 Å². The van der Waals surface area contributed by atoms with Gasteiger partial charge in [-0.1, -0.05) is 0 Å². The molecule has 1 aliphatic carbocycles. The molecule has 0 radical (unpaired) electrons. The Morgan fingerprint density at radius 3 is 2.15 bits per heavy atom.